The predicted octanol–water partition coefficient (Wildman–Crippen LogP) is 4.83. The van der Waals surface area contributed by atoms with E-state index in [2.05, 4.69) is 10.5 Å². The maximum Gasteiger partial charge on any atom is 0.278 e. The molecule has 1 N–H and O–H groups in total. The Morgan fingerprint density at radius 2 is 1.60 bits per heavy atom. The molecule has 0 saturated heterocycles. The van der Waals surface area contributed by atoms with Crippen LogP contribution in [0.15, 0.2) is 84.0 Å². The maximum absolute atomic E-state index is 11.2. The highest BCUT2D eigenvalue weighted by atomic mass is 16.6. The van der Waals surface area contributed by atoms with Gasteiger partial charge in [-0.05, 0) is 36.4 Å². The molecule has 0 atom stereocenters. The molecule has 0 aliphatic heterocycles. The standard InChI is InChI=1S/C19H15N3O3/c23-22(24)19-12-11-18(25-17-9-5-2-6-10-17)13-15(19)14-20-21-16-7-3-1-4-8-16/h1-14,21H. The average molecular weight is 333 g/mol. The van der Waals surface area contributed by atoms with Crippen molar-refractivity contribution in [2.24, 2.45) is 5.10 Å². The van der Waals surface area contributed by atoms with Crippen LogP contribution in [0.25, 0.3) is 0 Å². The van der Waals surface area contributed by atoms with E-state index in [-0.39, 0.29) is 5.69 Å². The van der Waals surface area contributed by atoms with E-state index < -0.39 is 4.92 Å². The molecule has 0 heterocycles. The molecule has 3 aromatic rings. The fourth-order valence-electron chi connectivity index (χ4n) is 2.18. The van der Waals surface area contributed by atoms with Crippen molar-refractivity contribution in [2.45, 2.75) is 0 Å². The van der Waals surface area contributed by atoms with Crippen LogP contribution < -0.4 is 10.2 Å². The number of nitro benzene ring substituents is 1. The van der Waals surface area contributed by atoms with E-state index in [0.29, 0.717) is 17.1 Å². The average Bonchev–Trinajstić information content (AvgIpc) is 2.63. The molecular formula is C19H15N3O3. The molecule has 124 valence electrons. The monoisotopic (exact) mass is 333 g/mol. The zero-order chi connectivity index (χ0) is 17.5. The Morgan fingerprint density at radius 1 is 0.920 bits per heavy atom. The third-order valence-electron chi connectivity index (χ3n) is 3.35. The van der Waals surface area contributed by atoms with Gasteiger partial charge in [0.2, 0.25) is 0 Å². The molecular weight excluding hydrogens is 318 g/mol. The molecule has 6 nitrogen and oxygen atoms in total. The second kappa shape index (κ2) is 7.74. The lowest BCUT2D eigenvalue weighted by molar-refractivity contribution is -0.385. The molecule has 0 fully saturated rings. The van der Waals surface area contributed by atoms with Crippen molar-refractivity contribution in [3.63, 3.8) is 0 Å². The minimum absolute atomic E-state index is 0.0426. The van der Waals surface area contributed by atoms with Gasteiger partial charge in [-0.1, -0.05) is 36.4 Å². The summed E-state index contributed by atoms with van der Waals surface area (Å²) in [6, 6.07) is 23.1. The van der Waals surface area contributed by atoms with Gasteiger partial charge < -0.3 is 4.74 Å². The van der Waals surface area contributed by atoms with Gasteiger partial charge in [-0.25, -0.2) is 0 Å². The summed E-state index contributed by atoms with van der Waals surface area (Å²) in [6.45, 7) is 0. The van der Waals surface area contributed by atoms with Crippen LogP contribution in [0.3, 0.4) is 0 Å². The van der Waals surface area contributed by atoms with Crippen molar-refractivity contribution in [3.05, 3.63) is 94.5 Å². The molecule has 0 saturated carbocycles. The molecule has 25 heavy (non-hydrogen) atoms. The minimum Gasteiger partial charge on any atom is -0.457 e. The van der Waals surface area contributed by atoms with Crippen LogP contribution in [-0.4, -0.2) is 11.1 Å². The highest BCUT2D eigenvalue weighted by Gasteiger charge is 2.13. The molecule has 3 rings (SSSR count). The smallest absolute Gasteiger partial charge is 0.278 e. The third-order valence-corrected chi connectivity index (χ3v) is 3.35. The predicted molar refractivity (Wildman–Crippen MR) is 97.3 cm³/mol. The van der Waals surface area contributed by atoms with Crippen molar-refractivity contribution in [3.8, 4) is 11.5 Å². The Hall–Kier alpha value is -3.67. The molecule has 0 aromatic heterocycles. The molecule has 0 amide bonds. The van der Waals surface area contributed by atoms with E-state index in [1.807, 2.05) is 60.7 Å². The lowest BCUT2D eigenvalue weighted by Crippen LogP contribution is -1.97. The first-order chi connectivity index (χ1) is 12.2. The van der Waals surface area contributed by atoms with Crippen LogP contribution in [0.2, 0.25) is 0 Å². The summed E-state index contributed by atoms with van der Waals surface area (Å²) >= 11 is 0. The Morgan fingerprint density at radius 3 is 2.28 bits per heavy atom. The van der Waals surface area contributed by atoms with E-state index in [1.165, 1.54) is 12.3 Å². The number of rotatable bonds is 6. The zero-order valence-electron chi connectivity index (χ0n) is 13.2. The van der Waals surface area contributed by atoms with E-state index in [0.717, 1.165) is 5.69 Å². The Bertz CT molecular complexity index is 881. The van der Waals surface area contributed by atoms with Crippen molar-refractivity contribution in [1.82, 2.24) is 0 Å². The number of nitro groups is 1. The number of nitrogens with one attached hydrogen (secondary N) is 1. The lowest BCUT2D eigenvalue weighted by Gasteiger charge is -2.06. The van der Waals surface area contributed by atoms with Gasteiger partial charge in [0.15, 0.2) is 0 Å². The van der Waals surface area contributed by atoms with Gasteiger partial charge in [-0.15, -0.1) is 0 Å². The molecule has 0 aliphatic rings. The number of hydrazone groups is 1. The van der Waals surface area contributed by atoms with Crippen LogP contribution in [0.4, 0.5) is 11.4 Å². The number of ether oxygens (including phenoxy) is 1. The molecule has 0 radical (unpaired) electrons. The first kappa shape index (κ1) is 16.2. The molecule has 0 unspecified atom stereocenters. The highest BCUT2D eigenvalue weighted by molar-refractivity contribution is 5.86. The van der Waals surface area contributed by atoms with Crippen molar-refractivity contribution < 1.29 is 9.66 Å². The summed E-state index contributed by atoms with van der Waals surface area (Å²) in [5, 5.41) is 15.3. The largest absolute Gasteiger partial charge is 0.457 e. The molecule has 6 heteroatoms. The number of anilines is 1. The quantitative estimate of drug-likeness (QED) is 0.398. The number of benzene rings is 3. The Kier molecular flexibility index (Phi) is 5.01. The highest BCUT2D eigenvalue weighted by Crippen LogP contribution is 2.26. The van der Waals surface area contributed by atoms with Crippen molar-refractivity contribution >= 4 is 17.6 Å². The van der Waals surface area contributed by atoms with Gasteiger partial charge in [-0.3, -0.25) is 15.5 Å². The van der Waals surface area contributed by atoms with Crippen LogP contribution in [0.5, 0.6) is 11.5 Å². The van der Waals surface area contributed by atoms with Gasteiger partial charge in [0, 0.05) is 6.07 Å². The summed E-state index contributed by atoms with van der Waals surface area (Å²) in [7, 11) is 0. The SMILES string of the molecule is O=[N+]([O-])c1ccc(Oc2ccccc2)cc1C=NNc1ccccc1. The Labute approximate surface area is 144 Å². The second-order valence-electron chi connectivity index (χ2n) is 5.13. The van der Waals surface area contributed by atoms with Gasteiger partial charge >= 0.3 is 0 Å². The molecule has 0 spiro atoms. The van der Waals surface area contributed by atoms with Gasteiger partial charge in [0.05, 0.1) is 22.4 Å². The number of para-hydroxylation sites is 2. The van der Waals surface area contributed by atoms with Crippen LogP contribution in [-0.2, 0) is 0 Å². The normalized spacial score (nSPS) is 10.6. The fraction of sp³-hybridized carbons (Fsp3) is 0. The maximum atomic E-state index is 11.2. The van der Waals surface area contributed by atoms with Crippen molar-refractivity contribution in [2.75, 3.05) is 5.43 Å². The third kappa shape index (κ3) is 4.42. The fourth-order valence-corrected chi connectivity index (χ4v) is 2.18. The van der Waals surface area contributed by atoms with Gasteiger partial charge in [0.25, 0.3) is 5.69 Å². The van der Waals surface area contributed by atoms with Gasteiger partial charge in [0.1, 0.15) is 11.5 Å². The van der Waals surface area contributed by atoms with E-state index in [4.69, 9.17) is 4.74 Å². The topological polar surface area (TPSA) is 76.8 Å². The first-order valence-corrected chi connectivity index (χ1v) is 7.58. The number of hydrogen-bond donors (Lipinski definition) is 1. The van der Waals surface area contributed by atoms with Crippen LogP contribution in [0, 0.1) is 10.1 Å². The number of nitrogens with zero attached hydrogens (tertiary/aromatic N) is 2. The Balaban J connectivity index is 1.82. The number of hydrogen-bond acceptors (Lipinski definition) is 5. The molecule has 0 aliphatic carbocycles. The van der Waals surface area contributed by atoms with E-state index >= 15 is 0 Å². The second-order valence-corrected chi connectivity index (χ2v) is 5.13. The zero-order valence-corrected chi connectivity index (χ0v) is 13.2. The van der Waals surface area contributed by atoms with Crippen LogP contribution in [0.1, 0.15) is 5.56 Å². The summed E-state index contributed by atoms with van der Waals surface area (Å²) in [6.07, 6.45) is 1.41. The van der Waals surface area contributed by atoms with Gasteiger partial charge in [-0.2, -0.15) is 5.10 Å². The van der Waals surface area contributed by atoms with Crippen LogP contribution >= 0.6 is 0 Å². The molecule has 3 aromatic carbocycles. The van der Waals surface area contributed by atoms with Crippen molar-refractivity contribution in [1.29, 1.82) is 0 Å². The van der Waals surface area contributed by atoms with E-state index in [9.17, 15) is 10.1 Å². The summed E-state index contributed by atoms with van der Waals surface area (Å²) in [4.78, 5) is 10.8. The summed E-state index contributed by atoms with van der Waals surface area (Å²) in [5.41, 5.74) is 3.93. The summed E-state index contributed by atoms with van der Waals surface area (Å²) in [5.74, 6) is 1.15. The summed E-state index contributed by atoms with van der Waals surface area (Å²) < 4.78 is 5.71. The minimum atomic E-state index is -0.448. The lowest BCUT2D eigenvalue weighted by atomic mass is 10.2. The van der Waals surface area contributed by atoms with E-state index in [1.54, 1.807) is 12.1 Å². The first-order valence-electron chi connectivity index (χ1n) is 7.58. The molecule has 0 bridgehead atoms.